The van der Waals surface area contributed by atoms with Gasteiger partial charge < -0.3 is 33.0 Å². The predicted octanol–water partition coefficient (Wildman–Crippen LogP) is -0.751. The van der Waals surface area contributed by atoms with Gasteiger partial charge in [0.25, 0.3) is 0 Å². The van der Waals surface area contributed by atoms with Gasteiger partial charge in [0, 0.05) is 7.34 Å². The second kappa shape index (κ2) is 16.3. The van der Waals surface area contributed by atoms with Gasteiger partial charge >= 0.3 is 12.4 Å². The number of carbonyl (C=O) groups excluding carboxylic acids is 1. The lowest BCUT2D eigenvalue weighted by atomic mass is 10.2. The monoisotopic (exact) mass is 352 g/mol. The molecule has 0 spiro atoms. The van der Waals surface area contributed by atoms with Crippen molar-refractivity contribution in [2.45, 2.75) is 33.6 Å². The first-order chi connectivity index (χ1) is 11.0. The number of hydrazone groups is 1. The molecule has 24 heavy (non-hydrogen) atoms. The van der Waals surface area contributed by atoms with Crippen LogP contribution in [0.1, 0.15) is 40.9 Å². The molecule has 142 valence electrons. The van der Waals surface area contributed by atoms with Crippen LogP contribution in [0.15, 0.2) is 5.10 Å². The molecule has 0 aliphatic rings. The van der Waals surface area contributed by atoms with Gasteiger partial charge in [-0.25, -0.2) is 5.26 Å². The molecule has 0 atom stereocenters. The number of guanidine groups is 1. The molecule has 1 aromatic heterocycles. The molecule has 0 unspecified atom stereocenters. The molecule has 13 heteroatoms. The van der Waals surface area contributed by atoms with E-state index in [4.69, 9.17) is 32.4 Å². The van der Waals surface area contributed by atoms with E-state index in [1.807, 2.05) is 13.8 Å². The van der Waals surface area contributed by atoms with Gasteiger partial charge in [0.1, 0.15) is 5.82 Å². The van der Waals surface area contributed by atoms with Crippen LogP contribution in [0.3, 0.4) is 0 Å². The summed E-state index contributed by atoms with van der Waals surface area (Å²) >= 11 is 0. The summed E-state index contributed by atoms with van der Waals surface area (Å²) in [5, 5.41) is 24.3. The van der Waals surface area contributed by atoms with Crippen molar-refractivity contribution in [3.05, 3.63) is 5.82 Å². The van der Waals surface area contributed by atoms with Gasteiger partial charge in [0.2, 0.25) is 11.9 Å². The summed E-state index contributed by atoms with van der Waals surface area (Å²) in [6.45, 7) is 7.27. The number of H-pyrrole nitrogens is 1. The molecular formula is C11H28N8O5. The summed E-state index contributed by atoms with van der Waals surface area (Å²) in [6.07, 6.45) is 0. The maximum atomic E-state index is 9.70. The Morgan fingerprint density at radius 3 is 1.83 bits per heavy atom. The largest absolute Gasteiger partial charge is 0.481 e. The summed E-state index contributed by atoms with van der Waals surface area (Å²) in [7, 11) is 0. The van der Waals surface area contributed by atoms with Crippen LogP contribution in [-0.4, -0.2) is 43.9 Å². The van der Waals surface area contributed by atoms with E-state index < -0.39 is 5.97 Å². The maximum absolute atomic E-state index is 9.70. The number of nitrogens with one attached hydrogen (secondary N) is 1. The molecule has 0 saturated heterocycles. The van der Waals surface area contributed by atoms with E-state index in [9.17, 15) is 4.79 Å². The van der Waals surface area contributed by atoms with Crippen molar-refractivity contribution in [2.75, 3.05) is 5.73 Å². The van der Waals surface area contributed by atoms with Gasteiger partial charge in [-0.2, -0.15) is 4.98 Å². The highest BCUT2D eigenvalue weighted by Gasteiger charge is 2.02. The third-order valence-electron chi connectivity index (χ3n) is 1.75. The molecule has 0 saturated carbocycles. The van der Waals surface area contributed by atoms with Gasteiger partial charge in [-0.1, -0.05) is 27.7 Å². The number of nitrogens with two attached hydrogens (primary N) is 4. The molecule has 0 aliphatic heterocycles. The Kier molecular flexibility index (Phi) is 17.5. The van der Waals surface area contributed by atoms with E-state index in [1.165, 1.54) is 0 Å². The molecule has 0 fully saturated rings. The molecule has 13 nitrogen and oxygen atoms in total. The number of carboxylic acids is 1. The Morgan fingerprint density at radius 2 is 1.75 bits per heavy atom. The Balaban J connectivity index is -0.000000123. The zero-order valence-corrected chi connectivity index (χ0v) is 14.0. The van der Waals surface area contributed by atoms with E-state index in [-0.39, 0.29) is 19.8 Å². The van der Waals surface area contributed by atoms with E-state index in [2.05, 4.69) is 31.0 Å². The summed E-state index contributed by atoms with van der Waals surface area (Å²) < 4.78 is 0. The first kappa shape index (κ1) is 25.8. The Hall–Kier alpha value is -3.09. The second-order valence-electron chi connectivity index (χ2n) is 4.48. The lowest BCUT2D eigenvalue weighted by Crippen LogP contribution is -2.23. The first-order valence-electron chi connectivity index (χ1n) is 6.46. The summed E-state index contributed by atoms with van der Waals surface area (Å²) in [5.74, 6) is 4.97. The Morgan fingerprint density at radius 1 is 1.38 bits per heavy atom. The zero-order valence-electron chi connectivity index (χ0n) is 14.0. The van der Waals surface area contributed by atoms with Crippen molar-refractivity contribution in [1.29, 1.82) is 0 Å². The molecule has 0 bridgehead atoms. The topological polar surface area (TPSA) is 242 Å². The molecule has 0 amide bonds. The van der Waals surface area contributed by atoms with E-state index in [0.717, 1.165) is 5.82 Å². The Labute approximate surface area is 140 Å². The molecular weight excluding hydrogens is 324 g/mol. The van der Waals surface area contributed by atoms with E-state index in [1.54, 1.807) is 13.8 Å². The fourth-order valence-corrected chi connectivity index (χ4v) is 0.546. The van der Waals surface area contributed by atoms with Gasteiger partial charge in [-0.3, -0.25) is 14.7 Å². The van der Waals surface area contributed by atoms with Gasteiger partial charge in [-0.05, 0) is 0 Å². The molecule has 0 radical (unpaired) electrons. The van der Waals surface area contributed by atoms with Crippen molar-refractivity contribution in [1.82, 2.24) is 15.2 Å². The standard InChI is InChI=1S/C5H10N4.C4H8O2.CH6N4.CH2O3.H2/c1-3(2)4-7-5(6)9-8-4;1-3(2)4(5)6;2-1(3)5-4;2-1-4-3;/h3H,1-2H3,(H3,6,7,8,9);3H,1-2H3,(H,5,6);4H2,(H4,2,3,5);1,3H;1H. The number of aromatic nitrogens is 3. The fourth-order valence-electron chi connectivity index (χ4n) is 0.546. The minimum Gasteiger partial charge on any atom is -0.481 e. The van der Waals surface area contributed by atoms with Gasteiger partial charge in [0.05, 0.1) is 5.92 Å². The highest BCUT2D eigenvalue weighted by Crippen LogP contribution is 2.07. The average Bonchev–Trinajstić information content (AvgIpc) is 2.95. The van der Waals surface area contributed by atoms with Crippen molar-refractivity contribution in [3.63, 3.8) is 0 Å². The smallest absolute Gasteiger partial charge is 0.330 e. The lowest BCUT2D eigenvalue weighted by Gasteiger charge is -1.93. The highest BCUT2D eigenvalue weighted by atomic mass is 17.1. The van der Waals surface area contributed by atoms with Crippen LogP contribution in [0, 0.1) is 5.92 Å². The van der Waals surface area contributed by atoms with Crippen molar-refractivity contribution >= 4 is 24.3 Å². The number of aliphatic carboxylic acids is 1. The van der Waals surface area contributed by atoms with E-state index >= 15 is 0 Å². The predicted molar refractivity (Wildman–Crippen MR) is 89.2 cm³/mol. The fraction of sp³-hybridized carbons (Fsp3) is 0.545. The van der Waals surface area contributed by atoms with E-state index in [0.29, 0.717) is 11.9 Å². The normalized spacial score (nSPS) is 8.46. The third kappa shape index (κ3) is 21.2. The summed E-state index contributed by atoms with van der Waals surface area (Å²) in [6, 6.07) is 0. The van der Waals surface area contributed by atoms with Gasteiger partial charge in [0.15, 0.2) is 0 Å². The number of nitrogen functional groups attached to an aromatic ring is 1. The number of rotatable bonds is 3. The van der Waals surface area contributed by atoms with Crippen LogP contribution >= 0.6 is 0 Å². The minimum atomic E-state index is -0.741. The van der Waals surface area contributed by atoms with Crippen LogP contribution in [0.4, 0.5) is 5.95 Å². The zero-order chi connectivity index (χ0) is 19.7. The summed E-state index contributed by atoms with van der Waals surface area (Å²) in [4.78, 5) is 25.2. The van der Waals surface area contributed by atoms with Crippen molar-refractivity contribution < 1.29 is 26.3 Å². The molecule has 0 aliphatic carbocycles. The van der Waals surface area contributed by atoms with Crippen molar-refractivity contribution in [3.8, 4) is 0 Å². The number of carboxylic acid groups (broad SMARTS) is 1. The van der Waals surface area contributed by atoms with Gasteiger partial charge in [-0.15, -0.1) is 10.2 Å². The number of nitrogens with zero attached hydrogens (tertiary/aromatic N) is 3. The van der Waals surface area contributed by atoms with Crippen LogP contribution < -0.4 is 23.0 Å². The molecule has 1 rings (SSSR count). The number of aromatic amines is 1. The van der Waals surface area contributed by atoms with Crippen LogP contribution in [0.25, 0.3) is 0 Å². The average molecular weight is 352 g/mol. The third-order valence-corrected chi connectivity index (χ3v) is 1.75. The molecule has 0 aromatic carbocycles. The number of carbonyl (C=O) groups is 2. The van der Waals surface area contributed by atoms with Crippen LogP contribution in [0.5, 0.6) is 0 Å². The number of hydrogen-bond donors (Lipinski definition) is 7. The molecule has 1 heterocycles. The Bertz CT molecular complexity index is 477. The highest BCUT2D eigenvalue weighted by molar-refractivity contribution is 5.75. The molecule has 1 aromatic rings. The maximum Gasteiger partial charge on any atom is 0.330 e. The second-order valence-corrected chi connectivity index (χ2v) is 4.48. The SMILES string of the molecule is CC(C)C(=O)O.CC(C)c1nc(N)n[nH]1.NN=C(N)N.O=COO.[HH]. The first-order valence-corrected chi connectivity index (χ1v) is 6.46. The van der Waals surface area contributed by atoms with Crippen molar-refractivity contribution in [2.24, 2.45) is 28.3 Å². The number of hydrogen-bond acceptors (Lipinski definition) is 9. The lowest BCUT2D eigenvalue weighted by molar-refractivity contribution is -0.217. The summed E-state index contributed by atoms with van der Waals surface area (Å²) in [5.41, 5.74) is 14.7. The number of anilines is 1. The minimum absolute atomic E-state index is 0. The van der Waals surface area contributed by atoms with Crippen LogP contribution in [-0.2, 0) is 14.5 Å². The molecule has 11 N–H and O–H groups in total. The quantitative estimate of drug-likeness (QED) is 0.0890. The van der Waals surface area contributed by atoms with Crippen LogP contribution in [0.2, 0.25) is 0 Å².